The molecule has 3 heterocycles. The number of rotatable bonds is 8. The standard InChI is InChI=1S/C27H35F2N3O3S/c1-27(28,29)17-35-26-31-22-16-32(14-12-24(22)36-26)13-11-18-7-9-19(10-8-18)30-25(33)21-4-2-6-23-20(21)5-3-15-34-23/h2,4,6,18-19H,3,5,7-17H2,1H3,(H,30,33)/t18-,19-. The fourth-order valence-corrected chi connectivity index (χ4v) is 6.40. The summed E-state index contributed by atoms with van der Waals surface area (Å²) in [6.45, 7) is 3.69. The smallest absolute Gasteiger partial charge is 0.278 e. The molecule has 5 rings (SSSR count). The van der Waals surface area contributed by atoms with Crippen molar-refractivity contribution in [2.75, 3.05) is 26.3 Å². The van der Waals surface area contributed by atoms with Gasteiger partial charge in [0.05, 0.1) is 12.3 Å². The predicted molar refractivity (Wildman–Crippen MR) is 135 cm³/mol. The average Bonchev–Trinajstić information content (AvgIpc) is 3.29. The number of benzene rings is 1. The van der Waals surface area contributed by atoms with Crippen molar-refractivity contribution >= 4 is 17.2 Å². The Balaban J connectivity index is 1.05. The van der Waals surface area contributed by atoms with Gasteiger partial charge in [0.15, 0.2) is 6.61 Å². The van der Waals surface area contributed by atoms with Crippen molar-refractivity contribution in [3.63, 3.8) is 0 Å². The van der Waals surface area contributed by atoms with E-state index >= 15 is 0 Å². The number of carbonyl (C=O) groups excluding carboxylic acids is 1. The van der Waals surface area contributed by atoms with Crippen LogP contribution in [0.4, 0.5) is 8.78 Å². The molecule has 0 spiro atoms. The van der Waals surface area contributed by atoms with Crippen LogP contribution in [-0.2, 0) is 19.4 Å². The maximum Gasteiger partial charge on any atom is 0.278 e. The van der Waals surface area contributed by atoms with Gasteiger partial charge in [-0.15, -0.1) is 0 Å². The second-order valence-electron chi connectivity index (χ2n) is 10.4. The first kappa shape index (κ1) is 25.4. The summed E-state index contributed by atoms with van der Waals surface area (Å²) in [7, 11) is 0. The number of hydrogen-bond acceptors (Lipinski definition) is 6. The molecule has 0 radical (unpaired) electrons. The van der Waals surface area contributed by atoms with E-state index in [-0.39, 0.29) is 11.9 Å². The highest BCUT2D eigenvalue weighted by molar-refractivity contribution is 7.13. The Labute approximate surface area is 215 Å². The topological polar surface area (TPSA) is 63.7 Å². The molecule has 6 nitrogen and oxygen atoms in total. The highest BCUT2D eigenvalue weighted by Gasteiger charge is 2.28. The van der Waals surface area contributed by atoms with Crippen LogP contribution in [0, 0.1) is 5.92 Å². The van der Waals surface area contributed by atoms with Gasteiger partial charge in [-0.05, 0) is 76.0 Å². The molecule has 1 saturated carbocycles. The van der Waals surface area contributed by atoms with E-state index in [0.29, 0.717) is 11.1 Å². The summed E-state index contributed by atoms with van der Waals surface area (Å²) >= 11 is 1.40. The second-order valence-corrected chi connectivity index (χ2v) is 11.5. The number of hydrogen-bond donors (Lipinski definition) is 1. The number of carbonyl (C=O) groups is 1. The lowest BCUT2D eigenvalue weighted by atomic mass is 9.83. The normalized spacial score (nSPS) is 22.3. The van der Waals surface area contributed by atoms with Gasteiger partial charge in [0, 0.05) is 42.1 Å². The number of fused-ring (bicyclic) bond motifs is 2. The molecule has 1 N–H and O–H groups in total. The van der Waals surface area contributed by atoms with Gasteiger partial charge < -0.3 is 14.8 Å². The molecule has 1 fully saturated rings. The molecule has 0 atom stereocenters. The van der Waals surface area contributed by atoms with Gasteiger partial charge in [0.2, 0.25) is 0 Å². The molecule has 1 aromatic carbocycles. The van der Waals surface area contributed by atoms with Crippen molar-refractivity contribution in [1.82, 2.24) is 15.2 Å². The van der Waals surface area contributed by atoms with Gasteiger partial charge in [0.1, 0.15) is 5.75 Å². The number of aromatic nitrogens is 1. The Hall–Kier alpha value is -2.26. The van der Waals surface area contributed by atoms with E-state index in [2.05, 4.69) is 15.2 Å². The maximum atomic E-state index is 13.1. The molecule has 2 aliphatic heterocycles. The highest BCUT2D eigenvalue weighted by Crippen LogP contribution is 2.33. The fourth-order valence-electron chi connectivity index (χ4n) is 5.50. The SMILES string of the molecule is CC(F)(F)COc1nc2c(s1)CCN(CC[C@H]1CC[C@H](NC(=O)c3cccc4c3CCCO4)CC1)C2. The van der Waals surface area contributed by atoms with Crippen molar-refractivity contribution in [2.45, 2.75) is 76.8 Å². The van der Waals surface area contributed by atoms with E-state index in [1.54, 1.807) is 0 Å². The van der Waals surface area contributed by atoms with Crippen LogP contribution in [0.1, 0.15) is 71.9 Å². The Kier molecular flexibility index (Phi) is 7.76. The van der Waals surface area contributed by atoms with Crippen LogP contribution in [0.15, 0.2) is 18.2 Å². The third-order valence-electron chi connectivity index (χ3n) is 7.48. The lowest BCUT2D eigenvalue weighted by Crippen LogP contribution is -2.39. The summed E-state index contributed by atoms with van der Waals surface area (Å²) in [4.78, 5) is 21.0. The van der Waals surface area contributed by atoms with Gasteiger partial charge in [0.25, 0.3) is 17.0 Å². The van der Waals surface area contributed by atoms with Gasteiger partial charge >= 0.3 is 0 Å². The molecule has 36 heavy (non-hydrogen) atoms. The molecule has 0 saturated heterocycles. The number of amides is 1. The third-order valence-corrected chi connectivity index (χ3v) is 8.55. The van der Waals surface area contributed by atoms with E-state index in [1.165, 1.54) is 11.3 Å². The van der Waals surface area contributed by atoms with Gasteiger partial charge in [-0.2, -0.15) is 0 Å². The summed E-state index contributed by atoms with van der Waals surface area (Å²) in [5.41, 5.74) is 2.78. The maximum absolute atomic E-state index is 13.1. The first-order valence-electron chi connectivity index (χ1n) is 13.1. The number of ether oxygens (including phenoxy) is 2. The quantitative estimate of drug-likeness (QED) is 0.517. The molecule has 196 valence electrons. The van der Waals surface area contributed by atoms with Crippen LogP contribution in [0.5, 0.6) is 10.9 Å². The summed E-state index contributed by atoms with van der Waals surface area (Å²) < 4.78 is 37.1. The monoisotopic (exact) mass is 519 g/mol. The molecule has 1 aliphatic carbocycles. The number of nitrogens with one attached hydrogen (secondary N) is 1. The van der Waals surface area contributed by atoms with Crippen LogP contribution in [0.25, 0.3) is 0 Å². The molecule has 1 amide bonds. The lowest BCUT2D eigenvalue weighted by Gasteiger charge is -2.32. The molecule has 0 bridgehead atoms. The van der Waals surface area contributed by atoms with Gasteiger partial charge in [-0.25, -0.2) is 13.8 Å². The number of nitrogens with zero attached hydrogens (tertiary/aromatic N) is 2. The molecular formula is C27H35F2N3O3S. The highest BCUT2D eigenvalue weighted by atomic mass is 32.1. The minimum atomic E-state index is -2.85. The van der Waals surface area contributed by atoms with Crippen LogP contribution in [0.2, 0.25) is 0 Å². The summed E-state index contributed by atoms with van der Waals surface area (Å²) in [6, 6.07) is 6.00. The lowest BCUT2D eigenvalue weighted by molar-refractivity contribution is -0.0230. The van der Waals surface area contributed by atoms with E-state index in [1.807, 2.05) is 18.2 Å². The molecule has 9 heteroatoms. The minimum absolute atomic E-state index is 0.0270. The first-order chi connectivity index (χ1) is 17.3. The molecule has 1 aromatic heterocycles. The van der Waals surface area contributed by atoms with Crippen molar-refractivity contribution in [2.24, 2.45) is 5.92 Å². The Morgan fingerprint density at radius 3 is 2.92 bits per heavy atom. The largest absolute Gasteiger partial charge is 0.493 e. The zero-order chi connectivity index (χ0) is 25.1. The van der Waals surface area contributed by atoms with Crippen LogP contribution >= 0.6 is 11.3 Å². The third kappa shape index (κ3) is 6.35. The molecule has 3 aliphatic rings. The van der Waals surface area contributed by atoms with E-state index in [0.717, 1.165) is 112 Å². The van der Waals surface area contributed by atoms with Gasteiger partial charge in [-0.3, -0.25) is 9.69 Å². The Morgan fingerprint density at radius 2 is 2.11 bits per heavy atom. The van der Waals surface area contributed by atoms with E-state index in [4.69, 9.17) is 9.47 Å². The zero-order valence-corrected chi connectivity index (χ0v) is 21.7. The Morgan fingerprint density at radius 1 is 1.28 bits per heavy atom. The van der Waals surface area contributed by atoms with Crippen molar-refractivity contribution in [1.29, 1.82) is 0 Å². The van der Waals surface area contributed by atoms with E-state index < -0.39 is 12.5 Å². The minimum Gasteiger partial charge on any atom is -0.493 e. The summed E-state index contributed by atoms with van der Waals surface area (Å²) in [5.74, 6) is -1.31. The number of thiazole rings is 1. The number of alkyl halides is 2. The molecule has 2 aromatic rings. The molecule has 0 unspecified atom stereocenters. The van der Waals surface area contributed by atoms with Crippen LogP contribution < -0.4 is 14.8 Å². The zero-order valence-electron chi connectivity index (χ0n) is 20.9. The predicted octanol–water partition coefficient (Wildman–Crippen LogP) is 5.24. The van der Waals surface area contributed by atoms with E-state index in [9.17, 15) is 13.6 Å². The average molecular weight is 520 g/mol. The second kappa shape index (κ2) is 11.0. The summed E-state index contributed by atoms with van der Waals surface area (Å²) in [5, 5.41) is 3.63. The summed E-state index contributed by atoms with van der Waals surface area (Å²) in [6.07, 6.45) is 8.16. The van der Waals surface area contributed by atoms with Gasteiger partial charge in [-0.1, -0.05) is 17.4 Å². The van der Waals surface area contributed by atoms with Crippen molar-refractivity contribution < 1.29 is 23.0 Å². The van der Waals surface area contributed by atoms with Crippen LogP contribution in [-0.4, -0.2) is 54.1 Å². The van der Waals surface area contributed by atoms with Crippen molar-refractivity contribution in [3.05, 3.63) is 39.9 Å². The van der Waals surface area contributed by atoms with Crippen LogP contribution in [0.3, 0.4) is 0 Å². The van der Waals surface area contributed by atoms with Crippen molar-refractivity contribution in [3.8, 4) is 10.9 Å². The molecular weight excluding hydrogens is 484 g/mol. The Bertz CT molecular complexity index is 1060. The fraction of sp³-hybridized carbons (Fsp3) is 0.630. The number of halogens is 2. The first-order valence-corrected chi connectivity index (χ1v) is 13.9.